The minimum atomic E-state index is -0.503. The van der Waals surface area contributed by atoms with E-state index in [0.717, 1.165) is 42.7 Å². The Morgan fingerprint density at radius 1 is 1.03 bits per heavy atom. The van der Waals surface area contributed by atoms with Gasteiger partial charge in [-0.1, -0.05) is 24.3 Å². The van der Waals surface area contributed by atoms with E-state index < -0.39 is 5.91 Å². The number of rotatable bonds is 4. The molecule has 0 atom stereocenters. The fraction of sp³-hybridized carbons (Fsp3) is 0.240. The van der Waals surface area contributed by atoms with Gasteiger partial charge < -0.3 is 20.5 Å². The van der Waals surface area contributed by atoms with Crippen LogP contribution in [0.4, 0.5) is 11.8 Å². The molecule has 10 heteroatoms. The highest BCUT2D eigenvalue weighted by molar-refractivity contribution is 6.05. The molecule has 4 aromatic rings. The van der Waals surface area contributed by atoms with E-state index in [1.807, 2.05) is 36.2 Å². The molecule has 5 rings (SSSR count). The van der Waals surface area contributed by atoms with Crippen molar-refractivity contribution in [3.63, 3.8) is 0 Å². The van der Waals surface area contributed by atoms with Gasteiger partial charge in [0.2, 0.25) is 5.95 Å². The van der Waals surface area contributed by atoms with Gasteiger partial charge in [0.05, 0.1) is 22.9 Å². The molecule has 0 aliphatic carbocycles. The fourth-order valence-electron chi connectivity index (χ4n) is 4.14. The number of hydrogen-bond donors (Lipinski definition) is 3. The van der Waals surface area contributed by atoms with E-state index in [1.54, 1.807) is 28.8 Å². The van der Waals surface area contributed by atoms with Crippen LogP contribution in [0.25, 0.3) is 22.3 Å². The van der Waals surface area contributed by atoms with Crippen LogP contribution in [-0.2, 0) is 7.05 Å². The Morgan fingerprint density at radius 3 is 2.63 bits per heavy atom. The Balaban J connectivity index is 1.36. The van der Waals surface area contributed by atoms with E-state index in [1.165, 1.54) is 6.20 Å². The molecule has 0 saturated carbocycles. The number of benzene rings is 2. The van der Waals surface area contributed by atoms with Gasteiger partial charge in [-0.15, -0.1) is 0 Å². The number of nitrogens with two attached hydrogens (primary N) is 1. The normalized spacial score (nSPS) is 14.0. The van der Waals surface area contributed by atoms with Crippen molar-refractivity contribution in [1.29, 1.82) is 0 Å². The second kappa shape index (κ2) is 9.51. The summed E-state index contributed by atoms with van der Waals surface area (Å²) in [5.74, 6) is -0.0936. The first-order valence-electron chi connectivity index (χ1n) is 11.5. The van der Waals surface area contributed by atoms with Crippen molar-refractivity contribution in [1.82, 2.24) is 29.7 Å². The van der Waals surface area contributed by atoms with Crippen LogP contribution in [-0.4, -0.2) is 62.4 Å². The molecule has 2 aromatic carbocycles. The van der Waals surface area contributed by atoms with Crippen LogP contribution < -0.4 is 16.4 Å². The number of imidazole rings is 1. The van der Waals surface area contributed by atoms with E-state index in [9.17, 15) is 9.59 Å². The van der Waals surface area contributed by atoms with Gasteiger partial charge in [-0.05, 0) is 37.2 Å². The van der Waals surface area contributed by atoms with Gasteiger partial charge in [0.15, 0.2) is 11.5 Å². The molecule has 35 heavy (non-hydrogen) atoms. The van der Waals surface area contributed by atoms with E-state index in [4.69, 9.17) is 5.73 Å². The third-order valence-corrected chi connectivity index (χ3v) is 6.08. The van der Waals surface area contributed by atoms with Gasteiger partial charge in [-0.2, -0.15) is 0 Å². The van der Waals surface area contributed by atoms with Gasteiger partial charge in [0.25, 0.3) is 11.8 Å². The monoisotopic (exact) mass is 470 g/mol. The summed E-state index contributed by atoms with van der Waals surface area (Å²) < 4.78 is 1.79. The lowest BCUT2D eigenvalue weighted by Gasteiger charge is -2.20. The molecule has 1 fully saturated rings. The van der Waals surface area contributed by atoms with Gasteiger partial charge in [0.1, 0.15) is 0 Å². The molecule has 1 saturated heterocycles. The number of hydrogen-bond acceptors (Lipinski definition) is 7. The summed E-state index contributed by atoms with van der Waals surface area (Å²) in [6.07, 6.45) is 2.45. The summed E-state index contributed by atoms with van der Waals surface area (Å²) in [6.45, 7) is 3.14. The van der Waals surface area contributed by atoms with E-state index in [-0.39, 0.29) is 17.4 Å². The quantitative estimate of drug-likeness (QED) is 0.417. The number of amides is 2. The summed E-state index contributed by atoms with van der Waals surface area (Å²) in [5.41, 5.74) is 9.46. The highest BCUT2D eigenvalue weighted by atomic mass is 16.2. The maximum atomic E-state index is 13.0. The fourth-order valence-corrected chi connectivity index (χ4v) is 4.14. The smallest absolute Gasteiger partial charge is 0.280 e. The number of anilines is 2. The van der Waals surface area contributed by atoms with Crippen LogP contribution in [0.2, 0.25) is 0 Å². The van der Waals surface area contributed by atoms with Crippen molar-refractivity contribution in [2.45, 2.75) is 6.42 Å². The summed E-state index contributed by atoms with van der Waals surface area (Å²) in [6, 6.07) is 14.7. The zero-order valence-corrected chi connectivity index (χ0v) is 19.4. The lowest BCUT2D eigenvalue weighted by Crippen LogP contribution is -2.34. The lowest BCUT2D eigenvalue weighted by atomic mass is 10.1. The SMILES string of the molecule is Cn1c(NC(=O)c2nc(-c3ccc(C(=O)N4CCCNCC4)cc3)cnc2N)nc2ccccc21. The molecule has 178 valence electrons. The average Bonchev–Trinajstić information content (AvgIpc) is 3.04. The molecule has 0 radical (unpaired) electrons. The van der Waals surface area contributed by atoms with Crippen molar-refractivity contribution < 1.29 is 9.59 Å². The zero-order valence-electron chi connectivity index (χ0n) is 19.4. The number of carbonyl (C=O) groups is 2. The van der Waals surface area contributed by atoms with E-state index in [0.29, 0.717) is 23.8 Å². The van der Waals surface area contributed by atoms with Crippen LogP contribution in [0.15, 0.2) is 54.7 Å². The third kappa shape index (κ3) is 4.56. The molecule has 2 amide bonds. The highest BCUT2D eigenvalue weighted by Crippen LogP contribution is 2.22. The Labute approximate surface area is 202 Å². The molecular formula is C25H26N8O2. The first-order chi connectivity index (χ1) is 17.0. The molecule has 0 spiro atoms. The summed E-state index contributed by atoms with van der Waals surface area (Å²) >= 11 is 0. The van der Waals surface area contributed by atoms with E-state index >= 15 is 0 Å². The summed E-state index contributed by atoms with van der Waals surface area (Å²) in [7, 11) is 1.82. The standard InChI is InChI=1S/C25H26N8O2/c1-32-20-6-3-2-5-18(20)30-25(32)31-23(34)21-22(26)28-15-19(29-21)16-7-9-17(10-8-16)24(35)33-13-4-11-27-12-14-33/h2-3,5-10,15,27H,4,11-14H2,1H3,(H2,26,28)(H,30,31,34). The molecule has 1 aliphatic rings. The average molecular weight is 471 g/mol. The van der Waals surface area contributed by atoms with Gasteiger partial charge in [-0.25, -0.2) is 15.0 Å². The molecule has 0 bridgehead atoms. The van der Waals surface area contributed by atoms with Gasteiger partial charge in [0, 0.05) is 37.8 Å². The number of aromatic nitrogens is 4. The Kier molecular flexibility index (Phi) is 6.11. The van der Waals surface area contributed by atoms with Crippen LogP contribution in [0.5, 0.6) is 0 Å². The largest absolute Gasteiger partial charge is 0.382 e. The molecule has 2 aromatic heterocycles. The molecule has 0 unspecified atom stereocenters. The van der Waals surface area contributed by atoms with Crippen molar-refractivity contribution in [2.75, 3.05) is 37.2 Å². The molecule has 10 nitrogen and oxygen atoms in total. The topological polar surface area (TPSA) is 131 Å². The minimum absolute atomic E-state index is 0.00571. The predicted octanol–water partition coefficient (Wildman–Crippen LogP) is 2.30. The van der Waals surface area contributed by atoms with Crippen LogP contribution in [0, 0.1) is 0 Å². The first kappa shape index (κ1) is 22.5. The third-order valence-electron chi connectivity index (χ3n) is 6.08. The van der Waals surface area contributed by atoms with Crippen molar-refractivity contribution in [3.8, 4) is 11.3 Å². The molecule has 1 aliphatic heterocycles. The van der Waals surface area contributed by atoms with Crippen molar-refractivity contribution in [2.24, 2.45) is 7.05 Å². The summed E-state index contributed by atoms with van der Waals surface area (Å²) in [4.78, 5) is 40.8. The maximum absolute atomic E-state index is 13.0. The van der Waals surface area contributed by atoms with Crippen molar-refractivity contribution in [3.05, 3.63) is 66.0 Å². The first-order valence-corrected chi connectivity index (χ1v) is 11.5. The Morgan fingerprint density at radius 2 is 1.83 bits per heavy atom. The maximum Gasteiger partial charge on any atom is 0.280 e. The zero-order chi connectivity index (χ0) is 24.4. The number of nitrogens with zero attached hydrogens (tertiary/aromatic N) is 5. The van der Waals surface area contributed by atoms with E-state index in [2.05, 4.69) is 25.6 Å². The van der Waals surface area contributed by atoms with Gasteiger partial charge >= 0.3 is 0 Å². The Bertz CT molecular complexity index is 1390. The van der Waals surface area contributed by atoms with Crippen LogP contribution in [0.3, 0.4) is 0 Å². The lowest BCUT2D eigenvalue weighted by molar-refractivity contribution is 0.0766. The molecule has 3 heterocycles. The highest BCUT2D eigenvalue weighted by Gasteiger charge is 2.19. The summed E-state index contributed by atoms with van der Waals surface area (Å²) in [5, 5.41) is 6.08. The number of nitrogen functional groups attached to an aromatic ring is 1. The van der Waals surface area contributed by atoms with Crippen molar-refractivity contribution >= 4 is 34.6 Å². The second-order valence-electron chi connectivity index (χ2n) is 8.40. The Hall–Kier alpha value is -4.31. The van der Waals surface area contributed by atoms with Crippen LogP contribution in [0.1, 0.15) is 27.3 Å². The van der Waals surface area contributed by atoms with Crippen LogP contribution >= 0.6 is 0 Å². The number of para-hydroxylation sites is 2. The second-order valence-corrected chi connectivity index (χ2v) is 8.40. The molecular weight excluding hydrogens is 444 g/mol. The number of fused-ring (bicyclic) bond motifs is 1. The predicted molar refractivity (Wildman–Crippen MR) is 134 cm³/mol. The number of carbonyl (C=O) groups excluding carboxylic acids is 2. The number of nitrogens with one attached hydrogen (secondary N) is 2. The number of aryl methyl sites for hydroxylation is 1. The molecule has 4 N–H and O–H groups in total. The minimum Gasteiger partial charge on any atom is -0.382 e. The van der Waals surface area contributed by atoms with Gasteiger partial charge in [-0.3, -0.25) is 14.9 Å².